The van der Waals surface area contributed by atoms with E-state index in [9.17, 15) is 4.79 Å². The van der Waals surface area contributed by atoms with Crippen LogP contribution in [-0.4, -0.2) is 28.4 Å². The van der Waals surface area contributed by atoms with Crippen LogP contribution >= 0.6 is 12.2 Å². The zero-order valence-electron chi connectivity index (χ0n) is 11.7. The van der Waals surface area contributed by atoms with Crippen molar-refractivity contribution in [1.29, 1.82) is 0 Å². The zero-order valence-corrected chi connectivity index (χ0v) is 12.5. The van der Waals surface area contributed by atoms with Gasteiger partial charge in [-0.3, -0.25) is 4.79 Å². The monoisotopic (exact) mass is 270 g/mol. The van der Waals surface area contributed by atoms with E-state index in [1.807, 2.05) is 4.90 Å². The van der Waals surface area contributed by atoms with Crippen LogP contribution in [0.4, 0.5) is 0 Å². The lowest BCUT2D eigenvalue weighted by Gasteiger charge is -2.37. The molecule has 2 N–H and O–H groups in total. The molecule has 0 radical (unpaired) electrons. The molecular weight excluding hydrogens is 244 g/mol. The molecule has 104 valence electrons. The highest BCUT2D eigenvalue weighted by Gasteiger charge is 2.31. The second-order valence-electron chi connectivity index (χ2n) is 5.22. The molecule has 0 aromatic rings. The fraction of sp³-hybridized carbons (Fsp3) is 0.857. The number of hydrogen-bond acceptors (Lipinski definition) is 2. The number of thiocarbonyl (C=S) groups is 1. The van der Waals surface area contributed by atoms with Crippen molar-refractivity contribution in [2.24, 2.45) is 11.7 Å². The molecule has 4 heteroatoms. The largest absolute Gasteiger partial charge is 0.392 e. The van der Waals surface area contributed by atoms with E-state index in [0.29, 0.717) is 4.99 Å². The van der Waals surface area contributed by atoms with Gasteiger partial charge in [0.05, 0.1) is 11.0 Å². The highest BCUT2D eigenvalue weighted by atomic mass is 32.1. The van der Waals surface area contributed by atoms with Crippen LogP contribution in [0.15, 0.2) is 0 Å². The second-order valence-corrected chi connectivity index (χ2v) is 5.69. The minimum absolute atomic E-state index is 0.00235. The number of carbonyl (C=O) groups is 1. The van der Waals surface area contributed by atoms with Crippen molar-refractivity contribution >= 4 is 23.1 Å². The SMILES string of the molecule is CCCC(CCC)C(=O)N1CCCCC1C(N)=S. The van der Waals surface area contributed by atoms with Crippen molar-refractivity contribution in [3.8, 4) is 0 Å². The average Bonchev–Trinajstić information content (AvgIpc) is 2.37. The number of amides is 1. The Morgan fingerprint density at radius 3 is 2.44 bits per heavy atom. The molecule has 1 rings (SSSR count). The van der Waals surface area contributed by atoms with Gasteiger partial charge in [0, 0.05) is 12.5 Å². The summed E-state index contributed by atoms with van der Waals surface area (Å²) >= 11 is 5.11. The quantitative estimate of drug-likeness (QED) is 0.755. The Bertz CT molecular complexity index is 288. The first kappa shape index (κ1) is 15.4. The molecule has 3 nitrogen and oxygen atoms in total. The molecule has 0 saturated carbocycles. The number of nitrogens with two attached hydrogens (primary N) is 1. The van der Waals surface area contributed by atoms with Gasteiger partial charge in [0.1, 0.15) is 0 Å². The Labute approximate surface area is 116 Å². The summed E-state index contributed by atoms with van der Waals surface area (Å²) in [6.45, 7) is 5.10. The molecule has 0 spiro atoms. The molecule has 1 unspecified atom stereocenters. The van der Waals surface area contributed by atoms with Crippen molar-refractivity contribution in [3.05, 3.63) is 0 Å². The third-order valence-electron chi connectivity index (χ3n) is 3.74. The first-order valence-corrected chi connectivity index (χ1v) is 7.62. The van der Waals surface area contributed by atoms with E-state index in [4.69, 9.17) is 18.0 Å². The van der Waals surface area contributed by atoms with Crippen molar-refractivity contribution in [3.63, 3.8) is 0 Å². The van der Waals surface area contributed by atoms with E-state index in [1.165, 1.54) is 0 Å². The van der Waals surface area contributed by atoms with Crippen molar-refractivity contribution in [1.82, 2.24) is 4.90 Å². The van der Waals surface area contributed by atoms with Gasteiger partial charge in [-0.15, -0.1) is 0 Å². The van der Waals surface area contributed by atoms with Gasteiger partial charge in [0.25, 0.3) is 0 Å². The van der Waals surface area contributed by atoms with Gasteiger partial charge in [0.2, 0.25) is 5.91 Å². The van der Waals surface area contributed by atoms with Gasteiger partial charge in [-0.2, -0.15) is 0 Å². The zero-order chi connectivity index (χ0) is 13.5. The first-order valence-electron chi connectivity index (χ1n) is 7.21. The maximum Gasteiger partial charge on any atom is 0.226 e. The fourth-order valence-electron chi connectivity index (χ4n) is 2.81. The molecule has 1 atom stereocenters. The van der Waals surface area contributed by atoms with Gasteiger partial charge in [-0.25, -0.2) is 0 Å². The molecule has 1 saturated heterocycles. The Hall–Kier alpha value is -0.640. The number of likely N-dealkylation sites (tertiary alicyclic amines) is 1. The summed E-state index contributed by atoms with van der Waals surface area (Å²) < 4.78 is 0. The van der Waals surface area contributed by atoms with E-state index in [-0.39, 0.29) is 17.9 Å². The average molecular weight is 270 g/mol. The third-order valence-corrected chi connectivity index (χ3v) is 4.01. The molecule has 1 fully saturated rings. The van der Waals surface area contributed by atoms with Crippen LogP contribution in [0.25, 0.3) is 0 Å². The van der Waals surface area contributed by atoms with E-state index in [1.54, 1.807) is 0 Å². The summed E-state index contributed by atoms with van der Waals surface area (Å²) in [6, 6.07) is -0.00235. The smallest absolute Gasteiger partial charge is 0.226 e. The van der Waals surface area contributed by atoms with Gasteiger partial charge in [-0.05, 0) is 32.1 Å². The van der Waals surface area contributed by atoms with Crippen LogP contribution in [0.1, 0.15) is 58.8 Å². The van der Waals surface area contributed by atoms with Crippen LogP contribution in [0.3, 0.4) is 0 Å². The van der Waals surface area contributed by atoms with Crippen LogP contribution in [0.5, 0.6) is 0 Å². The van der Waals surface area contributed by atoms with Crippen LogP contribution in [-0.2, 0) is 4.79 Å². The Morgan fingerprint density at radius 1 is 1.33 bits per heavy atom. The third kappa shape index (κ3) is 3.94. The summed E-state index contributed by atoms with van der Waals surface area (Å²) in [5, 5.41) is 0. The summed E-state index contributed by atoms with van der Waals surface area (Å²) in [7, 11) is 0. The number of carbonyl (C=O) groups excluding carboxylic acids is 1. The normalized spacial score (nSPS) is 20.2. The van der Waals surface area contributed by atoms with Crippen molar-refractivity contribution in [2.45, 2.75) is 64.8 Å². The number of nitrogens with zero attached hydrogens (tertiary/aromatic N) is 1. The fourth-order valence-corrected chi connectivity index (χ4v) is 3.06. The minimum atomic E-state index is -0.00235. The standard InChI is InChI=1S/C14H26N2OS/c1-3-7-11(8-4-2)14(17)16-10-6-5-9-12(16)13(15)18/h11-12H,3-10H2,1-2H3,(H2,15,18). The van der Waals surface area contributed by atoms with Gasteiger partial charge in [-0.1, -0.05) is 38.9 Å². The molecule has 0 bridgehead atoms. The molecule has 1 aliphatic rings. The Kier molecular flexibility index (Phi) is 6.61. The van der Waals surface area contributed by atoms with E-state index < -0.39 is 0 Å². The molecule has 0 aromatic carbocycles. The predicted octanol–water partition coefficient (Wildman–Crippen LogP) is 2.87. The number of piperidine rings is 1. The van der Waals surface area contributed by atoms with E-state index >= 15 is 0 Å². The molecular formula is C14H26N2OS. The lowest BCUT2D eigenvalue weighted by molar-refractivity contribution is -0.138. The summed E-state index contributed by atoms with van der Waals surface area (Å²) in [5.74, 6) is 0.436. The maximum atomic E-state index is 12.6. The predicted molar refractivity (Wildman–Crippen MR) is 79.4 cm³/mol. The van der Waals surface area contributed by atoms with Crippen LogP contribution < -0.4 is 5.73 Å². The Morgan fingerprint density at radius 2 is 1.94 bits per heavy atom. The lowest BCUT2D eigenvalue weighted by atomic mass is 9.93. The van der Waals surface area contributed by atoms with Crippen LogP contribution in [0.2, 0.25) is 0 Å². The van der Waals surface area contributed by atoms with Gasteiger partial charge < -0.3 is 10.6 Å². The van der Waals surface area contributed by atoms with Gasteiger partial charge in [0.15, 0.2) is 0 Å². The number of rotatable bonds is 6. The molecule has 0 aliphatic carbocycles. The Balaban J connectivity index is 2.73. The first-order chi connectivity index (χ1) is 8.61. The van der Waals surface area contributed by atoms with E-state index in [0.717, 1.165) is 51.5 Å². The topological polar surface area (TPSA) is 46.3 Å². The van der Waals surface area contributed by atoms with E-state index in [2.05, 4.69) is 13.8 Å². The highest BCUT2D eigenvalue weighted by molar-refractivity contribution is 7.80. The summed E-state index contributed by atoms with van der Waals surface area (Å²) in [4.78, 5) is 15.0. The molecule has 1 aliphatic heterocycles. The summed E-state index contributed by atoms with van der Waals surface area (Å²) in [6.07, 6.45) is 7.21. The van der Waals surface area contributed by atoms with Crippen molar-refractivity contribution < 1.29 is 4.79 Å². The molecule has 18 heavy (non-hydrogen) atoms. The minimum Gasteiger partial charge on any atom is -0.392 e. The second kappa shape index (κ2) is 7.72. The maximum absolute atomic E-state index is 12.6. The van der Waals surface area contributed by atoms with Crippen molar-refractivity contribution in [2.75, 3.05) is 6.54 Å². The summed E-state index contributed by atoms with van der Waals surface area (Å²) in [5.41, 5.74) is 5.78. The molecule has 1 heterocycles. The number of hydrogen-bond donors (Lipinski definition) is 1. The molecule has 1 amide bonds. The lowest BCUT2D eigenvalue weighted by Crippen LogP contribution is -2.51. The molecule has 0 aromatic heterocycles. The van der Waals surface area contributed by atoms with Crippen LogP contribution in [0, 0.1) is 5.92 Å². The highest BCUT2D eigenvalue weighted by Crippen LogP contribution is 2.23. The van der Waals surface area contributed by atoms with Gasteiger partial charge >= 0.3 is 0 Å².